The van der Waals surface area contributed by atoms with Crippen molar-refractivity contribution in [1.29, 1.82) is 0 Å². The van der Waals surface area contributed by atoms with Gasteiger partial charge in [-0.25, -0.2) is 39.5 Å². The van der Waals surface area contributed by atoms with Crippen molar-refractivity contribution in [2.24, 2.45) is 0 Å². The topological polar surface area (TPSA) is 0 Å². The number of benzene rings is 2. The summed E-state index contributed by atoms with van der Waals surface area (Å²) in [6.07, 6.45) is 0.989. The molecule has 0 saturated carbocycles. The van der Waals surface area contributed by atoms with Crippen LogP contribution in [0.15, 0.2) is 0 Å². The van der Waals surface area contributed by atoms with E-state index < -0.39 is 74.4 Å². The zero-order chi connectivity index (χ0) is 22.3. The van der Waals surface area contributed by atoms with Gasteiger partial charge in [0.25, 0.3) is 0 Å². The van der Waals surface area contributed by atoms with Gasteiger partial charge >= 0.3 is 0 Å². The van der Waals surface area contributed by atoms with Crippen molar-refractivity contribution in [1.82, 2.24) is 0 Å². The molecule has 10 heteroatoms. The highest BCUT2D eigenvalue weighted by Crippen LogP contribution is 2.44. The Bertz CT molecular complexity index is 929. The lowest BCUT2D eigenvalue weighted by Crippen LogP contribution is -2.30. The lowest BCUT2D eigenvalue weighted by molar-refractivity contribution is 0.375. The molecule has 158 valence electrons. The van der Waals surface area contributed by atoms with Crippen LogP contribution in [-0.2, 0) is 5.31 Å². The zero-order valence-electron chi connectivity index (χ0n) is 15.7. The van der Waals surface area contributed by atoms with Gasteiger partial charge in [0.15, 0.2) is 46.5 Å². The monoisotopic (exact) mass is 426 g/mol. The van der Waals surface area contributed by atoms with Gasteiger partial charge in [0.2, 0.25) is 5.82 Å². The Morgan fingerprint density at radius 3 is 1.38 bits per heavy atom. The first kappa shape index (κ1) is 23.2. The molecule has 1 atom stereocenters. The minimum absolute atomic E-state index is 0.0170. The maximum absolute atomic E-state index is 14.8. The Kier molecular flexibility index (Phi) is 6.64. The lowest BCUT2D eigenvalue weighted by atomic mass is 9.58. The maximum Gasteiger partial charge on any atom is 0.200 e. The Balaban J connectivity index is 3.09. The third-order valence-corrected chi connectivity index (χ3v) is 5.19. The Morgan fingerprint density at radius 1 is 0.586 bits per heavy atom. The van der Waals surface area contributed by atoms with Crippen LogP contribution in [-0.4, -0.2) is 7.85 Å². The van der Waals surface area contributed by atoms with Crippen LogP contribution in [0.2, 0.25) is 0 Å². The van der Waals surface area contributed by atoms with Crippen LogP contribution in [0.3, 0.4) is 0 Å². The fraction of sp³-hybridized carbons (Fsp3) is 0.368. The molecule has 29 heavy (non-hydrogen) atoms. The molecule has 0 fully saturated rings. The molecule has 0 heterocycles. The normalized spacial score (nSPS) is 13.6. The number of rotatable bonds is 6. The molecule has 2 rings (SSSR count). The molecule has 0 aliphatic carbocycles. The van der Waals surface area contributed by atoms with Crippen molar-refractivity contribution in [3.8, 4) is 11.1 Å². The van der Waals surface area contributed by atoms with Gasteiger partial charge in [-0.2, -0.15) is 0 Å². The molecule has 0 nitrogen and oxygen atoms in total. The Morgan fingerprint density at radius 2 is 0.966 bits per heavy atom. The Hall–Kier alpha value is -2.13. The van der Waals surface area contributed by atoms with Crippen LogP contribution in [0.1, 0.15) is 45.1 Å². The average molecular weight is 426 g/mol. The predicted octanol–water partition coefficient (Wildman–Crippen LogP) is 6.03. The van der Waals surface area contributed by atoms with E-state index >= 15 is 0 Å². The van der Waals surface area contributed by atoms with Crippen molar-refractivity contribution in [2.75, 3.05) is 0 Å². The number of hydrogen-bond acceptors (Lipinski definition) is 0. The molecule has 0 radical (unpaired) electrons. The largest absolute Gasteiger partial charge is 0.203 e. The number of halogens is 9. The molecule has 0 amide bonds. The molecule has 0 spiro atoms. The quantitative estimate of drug-likeness (QED) is 0.229. The third kappa shape index (κ3) is 3.61. The van der Waals surface area contributed by atoms with Gasteiger partial charge in [0, 0.05) is 11.1 Å². The molecule has 2 aromatic rings. The average Bonchev–Trinajstić information content (AvgIpc) is 2.71. The zero-order valence-corrected chi connectivity index (χ0v) is 15.7. The fourth-order valence-electron chi connectivity index (χ4n) is 3.30. The summed E-state index contributed by atoms with van der Waals surface area (Å²) in [5.41, 5.74) is -4.34. The van der Waals surface area contributed by atoms with Crippen LogP contribution in [0, 0.1) is 52.4 Å². The molecule has 0 aliphatic rings. The van der Waals surface area contributed by atoms with E-state index in [-0.39, 0.29) is 12.8 Å². The molecular formula is C19H16BF9. The third-order valence-electron chi connectivity index (χ3n) is 5.19. The number of hydrogen-bond donors (Lipinski definition) is 0. The van der Waals surface area contributed by atoms with Gasteiger partial charge in [-0.1, -0.05) is 39.5 Å². The van der Waals surface area contributed by atoms with Crippen LogP contribution in [0.5, 0.6) is 0 Å². The summed E-state index contributed by atoms with van der Waals surface area (Å²) in [5.74, 6) is -21.1. The minimum Gasteiger partial charge on any atom is -0.203 e. The SMILES string of the molecule is BC(CC)(CCCC)c1c(F)c(F)c(F)c(F)c1-c1c(F)c(F)c(F)c(F)c1F. The molecular weight excluding hydrogens is 410 g/mol. The van der Waals surface area contributed by atoms with Crippen molar-refractivity contribution >= 4 is 7.85 Å². The van der Waals surface area contributed by atoms with Crippen molar-refractivity contribution in [3.05, 3.63) is 57.9 Å². The second kappa shape index (κ2) is 8.32. The smallest absolute Gasteiger partial charge is 0.200 e. The summed E-state index contributed by atoms with van der Waals surface area (Å²) in [5, 5.41) is -1.48. The summed E-state index contributed by atoms with van der Waals surface area (Å²) >= 11 is 0. The first-order valence-corrected chi connectivity index (χ1v) is 8.82. The molecule has 2 aromatic carbocycles. The van der Waals surface area contributed by atoms with Crippen molar-refractivity contribution < 1.29 is 39.5 Å². The second-order valence-corrected chi connectivity index (χ2v) is 6.97. The van der Waals surface area contributed by atoms with Gasteiger partial charge in [0.1, 0.15) is 7.85 Å². The summed E-state index contributed by atoms with van der Waals surface area (Å²) in [4.78, 5) is 0. The van der Waals surface area contributed by atoms with E-state index in [9.17, 15) is 39.5 Å². The standard InChI is InChI=1S/C19H16BF9/c1-3-5-6-19(20,4-2)9-7(10(21)14(25)17(28)13(9)24)8-11(22)15(26)18(29)16(27)12(8)23/h3-6,20H2,1-2H3. The molecule has 0 aromatic heterocycles. The first-order valence-electron chi connectivity index (χ1n) is 8.82. The van der Waals surface area contributed by atoms with Crippen LogP contribution in [0.25, 0.3) is 11.1 Å². The van der Waals surface area contributed by atoms with Gasteiger partial charge in [0.05, 0.1) is 5.56 Å². The summed E-state index contributed by atoms with van der Waals surface area (Å²) in [6.45, 7) is 3.24. The van der Waals surface area contributed by atoms with Crippen LogP contribution < -0.4 is 0 Å². The van der Waals surface area contributed by atoms with Gasteiger partial charge in [-0.05, 0) is 5.31 Å². The predicted molar refractivity (Wildman–Crippen MR) is 91.5 cm³/mol. The summed E-state index contributed by atoms with van der Waals surface area (Å²) in [7, 11) is 1.31. The molecule has 0 N–H and O–H groups in total. The van der Waals surface area contributed by atoms with Crippen molar-refractivity contribution in [3.63, 3.8) is 0 Å². The minimum atomic E-state index is -2.52. The van der Waals surface area contributed by atoms with Gasteiger partial charge in [-0.3, -0.25) is 0 Å². The highest BCUT2D eigenvalue weighted by atomic mass is 19.2. The first-order chi connectivity index (χ1) is 13.4. The van der Waals surface area contributed by atoms with Crippen LogP contribution >= 0.6 is 0 Å². The van der Waals surface area contributed by atoms with E-state index in [1.54, 1.807) is 6.92 Å². The molecule has 0 aliphatic heterocycles. The number of unbranched alkanes of at least 4 members (excludes halogenated alkanes) is 1. The van der Waals surface area contributed by atoms with E-state index in [0.29, 0.717) is 12.8 Å². The maximum atomic E-state index is 14.8. The second-order valence-electron chi connectivity index (χ2n) is 6.97. The van der Waals surface area contributed by atoms with E-state index in [1.165, 1.54) is 14.8 Å². The lowest BCUT2D eigenvalue weighted by Gasteiger charge is -2.32. The summed E-state index contributed by atoms with van der Waals surface area (Å²) < 4.78 is 127. The Labute approximate surface area is 162 Å². The van der Waals surface area contributed by atoms with E-state index in [4.69, 9.17) is 0 Å². The molecule has 1 unspecified atom stereocenters. The van der Waals surface area contributed by atoms with Gasteiger partial charge < -0.3 is 0 Å². The van der Waals surface area contributed by atoms with Gasteiger partial charge in [-0.15, -0.1) is 0 Å². The van der Waals surface area contributed by atoms with E-state index in [0.717, 1.165) is 0 Å². The molecule has 0 saturated heterocycles. The highest BCUT2D eigenvalue weighted by Gasteiger charge is 2.39. The fourth-order valence-corrected chi connectivity index (χ4v) is 3.30. The molecule has 0 bridgehead atoms. The van der Waals surface area contributed by atoms with Crippen molar-refractivity contribution in [2.45, 2.75) is 44.8 Å². The van der Waals surface area contributed by atoms with Crippen LogP contribution in [0.4, 0.5) is 39.5 Å². The van der Waals surface area contributed by atoms with E-state index in [1.807, 2.05) is 0 Å². The van der Waals surface area contributed by atoms with E-state index in [2.05, 4.69) is 0 Å². The summed E-state index contributed by atoms with van der Waals surface area (Å²) in [6, 6.07) is 0. The highest BCUT2D eigenvalue weighted by molar-refractivity contribution is 6.16.